The van der Waals surface area contributed by atoms with Crippen LogP contribution in [0.3, 0.4) is 0 Å². The van der Waals surface area contributed by atoms with Gasteiger partial charge in [0.25, 0.3) is 0 Å². The van der Waals surface area contributed by atoms with Crippen LogP contribution in [0, 0.1) is 0 Å². The van der Waals surface area contributed by atoms with Crippen LogP contribution in [0.25, 0.3) is 93.6 Å². The number of ketones is 1. The number of benzene rings is 12. The van der Waals surface area contributed by atoms with Crippen LogP contribution in [-0.4, -0.2) is 19.5 Å². The molecule has 1 aliphatic heterocycles. The van der Waals surface area contributed by atoms with Gasteiger partial charge in [0.05, 0.1) is 67.0 Å². The molecule has 17 rings (SSSR count). The van der Waals surface area contributed by atoms with Crippen LogP contribution in [0.1, 0.15) is 38.2 Å². The van der Waals surface area contributed by atoms with E-state index in [9.17, 15) is 4.79 Å². The minimum Gasteiger partial charge on any atom is -0.310 e. The summed E-state index contributed by atoms with van der Waals surface area (Å²) in [5.41, 5.74) is 21.4. The second-order valence-corrected chi connectivity index (χ2v) is 21.1. The van der Waals surface area contributed by atoms with Gasteiger partial charge in [-0.25, -0.2) is 0 Å². The van der Waals surface area contributed by atoms with Crippen molar-refractivity contribution < 1.29 is 4.79 Å². The second-order valence-electron chi connectivity index (χ2n) is 21.1. The molecule has 0 saturated heterocycles. The van der Waals surface area contributed by atoms with Gasteiger partial charge in [0.1, 0.15) is 0 Å². The third kappa shape index (κ3) is 6.01. The summed E-state index contributed by atoms with van der Waals surface area (Å²) in [5, 5.41) is 6.94. The first-order valence-corrected chi connectivity index (χ1v) is 27.1. The maximum Gasteiger partial charge on any atom is 0.193 e. The standard InChI is InChI=1S/C74H46N4O/c79-73(47-37-40-49(41-38-47)75-71-35-17-10-28-63(71)74(64-29-11-18-36-72(64)75)61-26-8-1-19-53(61)54-20-2-9-27-62(54)74)48-39-42-70-60(43-48)59-25-7-16-34-69(59)78(70)52-45-50(76-65-30-12-3-21-55(65)56-22-4-13-31-66(56)76)44-51(46-52)77-67-32-14-5-23-57(67)58-24-6-15-33-68(58)77/h1-46H. The Hall–Kier alpha value is -10.5. The number of fused-ring (bicyclic) bond motifs is 18. The molecule has 0 amide bonds. The molecule has 0 fully saturated rings. The molecule has 1 spiro atoms. The van der Waals surface area contributed by atoms with Crippen molar-refractivity contribution in [3.8, 4) is 28.2 Å². The van der Waals surface area contributed by atoms with Crippen LogP contribution in [0.4, 0.5) is 17.1 Å². The summed E-state index contributed by atoms with van der Waals surface area (Å²) >= 11 is 0. The van der Waals surface area contributed by atoms with Crippen LogP contribution < -0.4 is 4.90 Å². The van der Waals surface area contributed by atoms with Crippen molar-refractivity contribution in [1.29, 1.82) is 0 Å². The highest BCUT2D eigenvalue weighted by atomic mass is 16.1. The molecule has 1 aliphatic carbocycles. The quantitative estimate of drug-likeness (QED) is 0.156. The Morgan fingerprint density at radius 1 is 0.266 bits per heavy atom. The number of aromatic nitrogens is 3. The van der Waals surface area contributed by atoms with Crippen molar-refractivity contribution in [2.45, 2.75) is 5.41 Å². The highest BCUT2D eigenvalue weighted by Gasteiger charge is 2.51. The molecule has 5 heteroatoms. The summed E-state index contributed by atoms with van der Waals surface area (Å²) in [6.07, 6.45) is 0. The van der Waals surface area contributed by atoms with E-state index in [-0.39, 0.29) is 5.78 Å². The molecule has 0 bridgehead atoms. The Kier molecular flexibility index (Phi) is 9.13. The Labute approximate surface area is 455 Å². The van der Waals surface area contributed by atoms with Crippen LogP contribution in [0.2, 0.25) is 0 Å². The van der Waals surface area contributed by atoms with Gasteiger partial charge >= 0.3 is 0 Å². The van der Waals surface area contributed by atoms with E-state index in [1.807, 2.05) is 18.2 Å². The lowest BCUT2D eigenvalue weighted by Gasteiger charge is -2.45. The zero-order valence-electron chi connectivity index (χ0n) is 42.8. The fourth-order valence-electron chi connectivity index (χ4n) is 14.0. The minimum atomic E-state index is -0.488. The summed E-state index contributed by atoms with van der Waals surface area (Å²) in [5.74, 6) is -0.0233. The monoisotopic (exact) mass is 1010 g/mol. The molecule has 368 valence electrons. The Morgan fingerprint density at radius 3 is 1.03 bits per heavy atom. The minimum absolute atomic E-state index is 0.0233. The first kappa shape index (κ1) is 43.7. The van der Waals surface area contributed by atoms with Gasteiger partial charge in [0, 0.05) is 49.1 Å². The number of hydrogen-bond acceptors (Lipinski definition) is 2. The summed E-state index contributed by atoms with van der Waals surface area (Å²) in [7, 11) is 0. The van der Waals surface area contributed by atoms with E-state index in [1.54, 1.807) is 0 Å². The summed E-state index contributed by atoms with van der Waals surface area (Å²) < 4.78 is 7.20. The number of rotatable bonds is 6. The zero-order chi connectivity index (χ0) is 51.9. The van der Waals surface area contributed by atoms with E-state index >= 15 is 0 Å². The van der Waals surface area contributed by atoms with Crippen LogP contribution in [0.5, 0.6) is 0 Å². The summed E-state index contributed by atoms with van der Waals surface area (Å²) in [4.78, 5) is 17.3. The number of para-hydroxylation sites is 7. The van der Waals surface area contributed by atoms with Crippen molar-refractivity contribution in [1.82, 2.24) is 13.7 Å². The third-order valence-electron chi connectivity index (χ3n) is 17.2. The lowest BCUT2D eigenvalue weighted by atomic mass is 9.64. The molecule has 79 heavy (non-hydrogen) atoms. The first-order valence-electron chi connectivity index (χ1n) is 27.1. The maximum atomic E-state index is 14.9. The number of anilines is 3. The van der Waals surface area contributed by atoms with E-state index in [0.29, 0.717) is 11.1 Å². The molecule has 2 aliphatic rings. The third-order valence-corrected chi connectivity index (χ3v) is 17.2. The normalized spacial score (nSPS) is 13.2. The van der Waals surface area contributed by atoms with Crippen LogP contribution >= 0.6 is 0 Å². The molecule has 4 heterocycles. The molecule has 12 aromatic carbocycles. The van der Waals surface area contributed by atoms with Gasteiger partial charge in [0.2, 0.25) is 0 Å². The van der Waals surface area contributed by atoms with Crippen LogP contribution in [0.15, 0.2) is 279 Å². The van der Waals surface area contributed by atoms with Crippen molar-refractivity contribution in [3.63, 3.8) is 0 Å². The van der Waals surface area contributed by atoms with Gasteiger partial charge in [-0.2, -0.15) is 0 Å². The van der Waals surface area contributed by atoms with E-state index in [0.717, 1.165) is 78.0 Å². The Balaban J connectivity index is 0.800. The number of carbonyl (C=O) groups is 1. The van der Waals surface area contributed by atoms with Crippen molar-refractivity contribution in [2.24, 2.45) is 0 Å². The zero-order valence-corrected chi connectivity index (χ0v) is 42.8. The topological polar surface area (TPSA) is 35.1 Å². The molecule has 0 saturated carbocycles. The first-order chi connectivity index (χ1) is 39.1. The van der Waals surface area contributed by atoms with Gasteiger partial charge in [-0.05, 0) is 137 Å². The molecule has 15 aromatic rings. The number of carbonyl (C=O) groups excluding carboxylic acids is 1. The van der Waals surface area contributed by atoms with Crippen LogP contribution in [-0.2, 0) is 5.41 Å². The van der Waals surface area contributed by atoms with E-state index in [1.165, 1.54) is 54.9 Å². The number of nitrogens with zero attached hydrogens (tertiary/aromatic N) is 4. The molecule has 0 unspecified atom stereocenters. The molecule has 0 N–H and O–H groups in total. The summed E-state index contributed by atoms with van der Waals surface area (Å²) in [6.45, 7) is 0. The SMILES string of the molecule is O=C(c1ccc(N2c3ccccc3C3(c4ccccc4-c4ccccc43)c3ccccc32)cc1)c1ccc2c(c1)c1ccccc1n2-c1cc(-n2c3ccccc3c3ccccc32)cc(-n2c3ccccc3c3ccccc32)c1. The van der Waals surface area contributed by atoms with Gasteiger partial charge in [0.15, 0.2) is 5.78 Å². The van der Waals surface area contributed by atoms with Gasteiger partial charge < -0.3 is 18.6 Å². The van der Waals surface area contributed by atoms with Crippen molar-refractivity contribution >= 4 is 88.3 Å². The molecule has 0 atom stereocenters. The molecular weight excluding hydrogens is 961 g/mol. The maximum absolute atomic E-state index is 14.9. The predicted molar refractivity (Wildman–Crippen MR) is 325 cm³/mol. The highest BCUT2D eigenvalue weighted by Crippen LogP contribution is 2.63. The van der Waals surface area contributed by atoms with E-state index in [2.05, 4.69) is 279 Å². The van der Waals surface area contributed by atoms with Gasteiger partial charge in [-0.15, -0.1) is 0 Å². The summed E-state index contributed by atoms with van der Waals surface area (Å²) in [6, 6.07) is 100. The smallest absolute Gasteiger partial charge is 0.193 e. The van der Waals surface area contributed by atoms with Gasteiger partial charge in [-0.3, -0.25) is 4.79 Å². The molecule has 5 nitrogen and oxygen atoms in total. The van der Waals surface area contributed by atoms with Gasteiger partial charge in [-0.1, -0.05) is 176 Å². The van der Waals surface area contributed by atoms with E-state index in [4.69, 9.17) is 0 Å². The molecule has 3 aromatic heterocycles. The fraction of sp³-hybridized carbons (Fsp3) is 0.0135. The van der Waals surface area contributed by atoms with Crippen molar-refractivity contribution in [3.05, 3.63) is 312 Å². The highest BCUT2D eigenvalue weighted by molar-refractivity contribution is 6.16. The lowest BCUT2D eigenvalue weighted by Crippen LogP contribution is -2.36. The average molecular weight is 1010 g/mol. The Morgan fingerprint density at radius 2 is 0.595 bits per heavy atom. The predicted octanol–water partition coefficient (Wildman–Crippen LogP) is 18.4. The van der Waals surface area contributed by atoms with Crippen molar-refractivity contribution in [2.75, 3.05) is 4.90 Å². The number of hydrogen-bond donors (Lipinski definition) is 0. The lowest BCUT2D eigenvalue weighted by molar-refractivity contribution is 0.103. The average Bonchev–Trinajstić information content (AvgIpc) is 4.39. The fourth-order valence-corrected chi connectivity index (χ4v) is 14.0. The molecule has 0 radical (unpaired) electrons. The Bertz CT molecular complexity index is 4740. The largest absolute Gasteiger partial charge is 0.310 e. The van der Waals surface area contributed by atoms with E-state index < -0.39 is 5.41 Å². The molecular formula is C74H46N4O. The second kappa shape index (κ2) is 16.5.